The molecule has 1 amide bonds. The molecular formula is C16H11ClN4O. The molecular weight excluding hydrogens is 300 g/mol. The molecule has 0 aliphatic heterocycles. The number of nitrogens with one attached hydrogen (secondary N) is 1. The van der Waals surface area contributed by atoms with Crippen molar-refractivity contribution < 1.29 is 4.79 Å². The van der Waals surface area contributed by atoms with Gasteiger partial charge >= 0.3 is 0 Å². The molecule has 0 atom stereocenters. The van der Waals surface area contributed by atoms with Crippen molar-refractivity contribution in [2.75, 3.05) is 5.32 Å². The maximum atomic E-state index is 12.2. The fraction of sp³-hybridized carbons (Fsp3) is 0. The molecule has 0 spiro atoms. The predicted octanol–water partition coefficient (Wildman–Crippen LogP) is 3.44. The molecule has 6 heteroatoms. The molecule has 0 bridgehead atoms. The lowest BCUT2D eigenvalue weighted by Gasteiger charge is -2.06. The van der Waals surface area contributed by atoms with Crippen molar-refractivity contribution in [3.63, 3.8) is 0 Å². The Morgan fingerprint density at radius 3 is 2.59 bits per heavy atom. The number of halogens is 1. The van der Waals surface area contributed by atoms with Gasteiger partial charge in [-0.05, 0) is 35.4 Å². The van der Waals surface area contributed by atoms with Crippen molar-refractivity contribution in [3.05, 3.63) is 72.0 Å². The Balaban J connectivity index is 1.86. The van der Waals surface area contributed by atoms with E-state index < -0.39 is 0 Å². The zero-order valence-electron chi connectivity index (χ0n) is 11.4. The van der Waals surface area contributed by atoms with Crippen molar-refractivity contribution in [2.45, 2.75) is 0 Å². The number of nitrogens with zero attached hydrogens (tertiary/aromatic N) is 3. The number of rotatable bonds is 3. The molecule has 0 fully saturated rings. The summed E-state index contributed by atoms with van der Waals surface area (Å²) in [5, 5.41) is 3.34. The van der Waals surface area contributed by atoms with Crippen molar-refractivity contribution >= 4 is 23.2 Å². The summed E-state index contributed by atoms with van der Waals surface area (Å²) in [5.74, 6) is -0.321. The Labute approximate surface area is 132 Å². The van der Waals surface area contributed by atoms with E-state index in [1.807, 2.05) is 24.3 Å². The van der Waals surface area contributed by atoms with Crippen LogP contribution >= 0.6 is 11.6 Å². The van der Waals surface area contributed by atoms with E-state index in [0.717, 1.165) is 11.1 Å². The van der Waals surface area contributed by atoms with Crippen LogP contribution in [0.15, 0.2) is 61.3 Å². The summed E-state index contributed by atoms with van der Waals surface area (Å²) >= 11 is 6.00. The van der Waals surface area contributed by atoms with E-state index in [1.54, 1.807) is 18.3 Å². The summed E-state index contributed by atoms with van der Waals surface area (Å²) in [5.41, 5.74) is 2.61. The molecule has 3 aromatic rings. The van der Waals surface area contributed by atoms with E-state index in [2.05, 4.69) is 20.3 Å². The van der Waals surface area contributed by atoms with Gasteiger partial charge in [-0.25, -0.2) is 9.97 Å². The van der Waals surface area contributed by atoms with Gasteiger partial charge in [0.25, 0.3) is 5.91 Å². The van der Waals surface area contributed by atoms with Gasteiger partial charge in [0.2, 0.25) is 0 Å². The van der Waals surface area contributed by atoms with Crippen LogP contribution in [0.2, 0.25) is 5.02 Å². The van der Waals surface area contributed by atoms with E-state index in [1.165, 1.54) is 18.7 Å². The molecule has 0 aliphatic rings. The number of aromatic nitrogens is 3. The first-order valence-electron chi connectivity index (χ1n) is 6.51. The molecule has 1 N–H and O–H groups in total. The summed E-state index contributed by atoms with van der Waals surface area (Å²) in [6.07, 6.45) is 6.03. The van der Waals surface area contributed by atoms with E-state index in [-0.39, 0.29) is 5.91 Å². The van der Waals surface area contributed by atoms with Gasteiger partial charge in [0, 0.05) is 11.2 Å². The molecule has 2 heterocycles. The second kappa shape index (κ2) is 6.32. The van der Waals surface area contributed by atoms with E-state index in [9.17, 15) is 4.79 Å². The first-order valence-corrected chi connectivity index (χ1v) is 6.88. The smallest absolute Gasteiger partial charge is 0.274 e. The largest absolute Gasteiger partial charge is 0.318 e. The summed E-state index contributed by atoms with van der Waals surface area (Å²) < 4.78 is 0. The van der Waals surface area contributed by atoms with Crippen LogP contribution in [0.4, 0.5) is 5.69 Å². The average molecular weight is 311 g/mol. The third kappa shape index (κ3) is 3.27. The van der Waals surface area contributed by atoms with E-state index >= 15 is 0 Å². The first kappa shape index (κ1) is 14.2. The fourth-order valence-corrected chi connectivity index (χ4v) is 2.15. The molecule has 3 rings (SSSR count). The zero-order valence-corrected chi connectivity index (χ0v) is 12.2. The minimum Gasteiger partial charge on any atom is -0.318 e. The number of hydrogen-bond donors (Lipinski definition) is 1. The number of hydrogen-bond acceptors (Lipinski definition) is 4. The summed E-state index contributed by atoms with van der Waals surface area (Å²) in [6, 6.07) is 11.0. The molecule has 0 radical (unpaired) electrons. The lowest BCUT2D eigenvalue weighted by molar-refractivity contribution is 0.102. The van der Waals surface area contributed by atoms with Gasteiger partial charge in [-0.1, -0.05) is 23.7 Å². The van der Waals surface area contributed by atoms with Gasteiger partial charge in [-0.15, -0.1) is 0 Å². The highest BCUT2D eigenvalue weighted by Crippen LogP contribution is 2.23. The Bertz CT molecular complexity index is 808. The predicted molar refractivity (Wildman–Crippen MR) is 84.7 cm³/mol. The average Bonchev–Trinajstić information content (AvgIpc) is 2.56. The van der Waals surface area contributed by atoms with Gasteiger partial charge in [0.1, 0.15) is 12.0 Å². The SMILES string of the molecule is O=C(Nc1cncnc1)c1cc(-c2cccc(Cl)c2)ccn1. The van der Waals surface area contributed by atoms with Crippen LogP contribution in [0, 0.1) is 0 Å². The Kier molecular flexibility index (Phi) is 4.07. The minimum atomic E-state index is -0.321. The molecule has 5 nitrogen and oxygen atoms in total. The van der Waals surface area contributed by atoms with Gasteiger partial charge in [0.15, 0.2) is 0 Å². The molecule has 22 heavy (non-hydrogen) atoms. The Morgan fingerprint density at radius 1 is 1.05 bits per heavy atom. The highest BCUT2D eigenvalue weighted by atomic mass is 35.5. The molecule has 0 aliphatic carbocycles. The second-order valence-corrected chi connectivity index (χ2v) is 4.96. The quantitative estimate of drug-likeness (QED) is 0.804. The number of carbonyl (C=O) groups is 1. The lowest BCUT2D eigenvalue weighted by Crippen LogP contribution is -2.13. The topological polar surface area (TPSA) is 67.8 Å². The van der Waals surface area contributed by atoms with Gasteiger partial charge in [0.05, 0.1) is 18.1 Å². The van der Waals surface area contributed by atoms with Gasteiger partial charge in [-0.3, -0.25) is 9.78 Å². The molecule has 2 aromatic heterocycles. The number of amides is 1. The second-order valence-electron chi connectivity index (χ2n) is 4.52. The van der Waals surface area contributed by atoms with Crippen molar-refractivity contribution in [3.8, 4) is 11.1 Å². The van der Waals surface area contributed by atoms with E-state index in [4.69, 9.17) is 11.6 Å². The van der Waals surface area contributed by atoms with Crippen LogP contribution in [0.3, 0.4) is 0 Å². The van der Waals surface area contributed by atoms with Crippen LogP contribution in [0.1, 0.15) is 10.5 Å². The molecule has 108 valence electrons. The first-order chi connectivity index (χ1) is 10.7. The van der Waals surface area contributed by atoms with Gasteiger partial charge in [-0.2, -0.15) is 0 Å². The van der Waals surface area contributed by atoms with Crippen LogP contribution in [0.25, 0.3) is 11.1 Å². The highest BCUT2D eigenvalue weighted by Gasteiger charge is 2.09. The Morgan fingerprint density at radius 2 is 1.82 bits per heavy atom. The maximum absolute atomic E-state index is 12.2. The third-order valence-electron chi connectivity index (χ3n) is 2.97. The van der Waals surface area contributed by atoms with Crippen molar-refractivity contribution in [2.24, 2.45) is 0 Å². The molecule has 1 aromatic carbocycles. The van der Waals surface area contributed by atoms with E-state index in [0.29, 0.717) is 16.4 Å². The lowest BCUT2D eigenvalue weighted by atomic mass is 10.1. The zero-order chi connectivity index (χ0) is 15.4. The minimum absolute atomic E-state index is 0.307. The summed E-state index contributed by atoms with van der Waals surface area (Å²) in [7, 11) is 0. The summed E-state index contributed by atoms with van der Waals surface area (Å²) in [4.78, 5) is 24.0. The maximum Gasteiger partial charge on any atom is 0.274 e. The van der Waals surface area contributed by atoms with Gasteiger partial charge < -0.3 is 5.32 Å². The number of pyridine rings is 1. The Hall–Kier alpha value is -2.79. The van der Waals surface area contributed by atoms with Crippen LogP contribution in [0.5, 0.6) is 0 Å². The van der Waals surface area contributed by atoms with Crippen molar-refractivity contribution in [1.82, 2.24) is 15.0 Å². The molecule has 0 unspecified atom stereocenters. The monoisotopic (exact) mass is 310 g/mol. The summed E-state index contributed by atoms with van der Waals surface area (Å²) in [6.45, 7) is 0. The number of anilines is 1. The van der Waals surface area contributed by atoms with Crippen LogP contribution in [-0.2, 0) is 0 Å². The normalized spacial score (nSPS) is 10.2. The molecule has 0 saturated carbocycles. The fourth-order valence-electron chi connectivity index (χ4n) is 1.96. The number of carbonyl (C=O) groups excluding carboxylic acids is 1. The number of benzene rings is 1. The third-order valence-corrected chi connectivity index (χ3v) is 3.20. The highest BCUT2D eigenvalue weighted by molar-refractivity contribution is 6.30. The van der Waals surface area contributed by atoms with Crippen molar-refractivity contribution in [1.29, 1.82) is 0 Å². The van der Waals surface area contributed by atoms with Crippen LogP contribution in [-0.4, -0.2) is 20.9 Å². The standard InChI is InChI=1S/C16H11ClN4O/c17-13-3-1-2-11(6-13)12-4-5-20-15(7-12)16(22)21-14-8-18-10-19-9-14/h1-10H,(H,21,22). The van der Waals surface area contributed by atoms with Crippen LogP contribution < -0.4 is 5.32 Å². The molecule has 0 saturated heterocycles.